The minimum Gasteiger partial charge on any atom is -0.508 e. The van der Waals surface area contributed by atoms with Crippen LogP contribution >= 0.6 is 23.8 Å². The second-order valence-corrected chi connectivity index (χ2v) is 22.4. The number of hydrogen-bond donors (Lipinski definition) is 7. The first-order valence-electron chi connectivity index (χ1n) is 25.7. The van der Waals surface area contributed by atoms with Crippen molar-refractivity contribution in [3.05, 3.63) is 141 Å². The highest BCUT2D eigenvalue weighted by Crippen LogP contribution is 2.88. The monoisotopic (exact) mass is 1060 g/mol. The normalized spacial score (nSPS) is 32.3. The fraction of sp³-hybridized carbons (Fsp3) is 0.421. The van der Waals surface area contributed by atoms with Gasteiger partial charge in [0.15, 0.2) is 16.3 Å². The van der Waals surface area contributed by atoms with Crippen molar-refractivity contribution >= 4 is 46.5 Å². The van der Waals surface area contributed by atoms with Crippen molar-refractivity contribution in [1.29, 1.82) is 0 Å². The molecule has 3 spiro atoms. The highest BCUT2D eigenvalue weighted by atomic mass is 35.5. The average Bonchev–Trinajstić information content (AvgIpc) is 4.01. The van der Waals surface area contributed by atoms with E-state index < -0.39 is 41.5 Å². The maximum atomic E-state index is 13.6. The summed E-state index contributed by atoms with van der Waals surface area (Å²) in [6.45, 7) is 4.35. The molecule has 7 N–H and O–H groups in total. The first kappa shape index (κ1) is 48.6. The van der Waals surface area contributed by atoms with Crippen LogP contribution in [0.4, 0.5) is 5.69 Å². The first-order chi connectivity index (χ1) is 36.1. The van der Waals surface area contributed by atoms with Gasteiger partial charge in [-0.2, -0.15) is 4.89 Å². The van der Waals surface area contributed by atoms with Gasteiger partial charge in [0, 0.05) is 77.7 Å². The summed E-state index contributed by atoms with van der Waals surface area (Å²) in [5, 5.41) is 52.4. The summed E-state index contributed by atoms with van der Waals surface area (Å²) in [6, 6.07) is 25.5. The second kappa shape index (κ2) is 17.5. The number of halogens is 1. The predicted molar refractivity (Wildman–Crippen MR) is 274 cm³/mol. The number of rotatable bonds is 12. The molecule has 13 rings (SSSR count). The van der Waals surface area contributed by atoms with Crippen LogP contribution < -0.4 is 25.4 Å². The molecule has 390 valence electrons. The molecule has 5 aromatic carbocycles. The molecule has 8 aliphatic rings. The Labute approximate surface area is 442 Å². The van der Waals surface area contributed by atoms with Gasteiger partial charge in [-0.25, -0.2) is 9.68 Å². The molecule has 18 heteroatoms. The average molecular weight is 1060 g/mol. The van der Waals surface area contributed by atoms with Crippen LogP contribution in [0.5, 0.6) is 28.7 Å². The number of ether oxygens (including phenoxy) is 5. The third-order valence-corrected chi connectivity index (χ3v) is 18.8. The number of hydrogen-bond acceptors (Lipinski definition) is 14. The fourth-order valence-electron chi connectivity index (χ4n) is 14.7. The number of benzene rings is 5. The van der Waals surface area contributed by atoms with Gasteiger partial charge in [0.2, 0.25) is 6.29 Å². The van der Waals surface area contributed by atoms with Crippen LogP contribution in [0.2, 0.25) is 5.02 Å². The summed E-state index contributed by atoms with van der Waals surface area (Å²) >= 11 is 13.0. The Hall–Kier alpha value is -6.02. The highest BCUT2D eigenvalue weighted by Gasteiger charge is 2.90. The van der Waals surface area contributed by atoms with Gasteiger partial charge in [0.05, 0.1) is 22.8 Å². The van der Waals surface area contributed by atoms with Crippen LogP contribution in [0.15, 0.2) is 91.0 Å². The molecule has 1 amide bonds. The van der Waals surface area contributed by atoms with Crippen LogP contribution in [0.3, 0.4) is 0 Å². The number of aliphatic hydroxyl groups is 2. The lowest BCUT2D eigenvalue weighted by molar-refractivity contribution is -0.642. The highest BCUT2D eigenvalue weighted by molar-refractivity contribution is 7.80. The largest absolute Gasteiger partial charge is 0.508 e. The third kappa shape index (κ3) is 6.91. The predicted octanol–water partition coefficient (Wildman–Crippen LogP) is 8.06. The number of anilines is 1. The number of carbonyl (C=O) groups excluding carboxylic acids is 2. The summed E-state index contributed by atoms with van der Waals surface area (Å²) < 4.78 is 31.4. The summed E-state index contributed by atoms with van der Waals surface area (Å²) in [5.74, 6) is 0.240. The Morgan fingerprint density at radius 1 is 0.813 bits per heavy atom. The van der Waals surface area contributed by atoms with Gasteiger partial charge in [-0.15, -0.1) is 0 Å². The number of aliphatic hydroxyl groups excluding tert-OH is 2. The van der Waals surface area contributed by atoms with Crippen molar-refractivity contribution < 1.29 is 63.5 Å². The molecule has 4 aliphatic heterocycles. The molecule has 12 atom stereocenters. The molecular formula is C57H56ClN3O13S. The maximum Gasteiger partial charge on any atom is 0.340 e. The molecule has 75 heavy (non-hydrogen) atoms. The van der Waals surface area contributed by atoms with Crippen molar-refractivity contribution in [2.24, 2.45) is 35.0 Å². The smallest absolute Gasteiger partial charge is 0.340 e. The van der Waals surface area contributed by atoms with Crippen LogP contribution in [0.25, 0.3) is 0 Å². The molecule has 16 nitrogen and oxygen atoms in total. The zero-order chi connectivity index (χ0) is 51.9. The van der Waals surface area contributed by atoms with Gasteiger partial charge < -0.3 is 60.1 Å². The quantitative estimate of drug-likeness (QED) is 0.0272. The van der Waals surface area contributed by atoms with Crippen LogP contribution in [-0.2, 0) is 41.8 Å². The minimum atomic E-state index is -1.39. The Bertz CT molecular complexity index is 3160. The summed E-state index contributed by atoms with van der Waals surface area (Å²) in [5.41, 5.74) is 3.33. The van der Waals surface area contributed by atoms with Crippen molar-refractivity contribution in [1.82, 2.24) is 10.6 Å². The van der Waals surface area contributed by atoms with E-state index in [1.54, 1.807) is 49.6 Å². The van der Waals surface area contributed by atoms with Gasteiger partial charge in [0.25, 0.3) is 11.7 Å². The van der Waals surface area contributed by atoms with Gasteiger partial charge in [-0.3, -0.25) is 4.79 Å². The van der Waals surface area contributed by atoms with E-state index in [0.717, 1.165) is 30.4 Å². The second-order valence-electron chi connectivity index (χ2n) is 21.6. The SMILES string of the molecule is CCC1O[C@@H](Oc2cc(Cc3ccc(C(=O)NCCNC(=S)Nc4ccc5c(c4)C(=O)OC54c5ccc(O)cc5Oc5cc(O)ccc54)cc3)cc(C3(OC)OOC34C3CC5CC6CC4C56C3)c2Cl)C(O)C(O)[C@H]1C. The van der Waals surface area contributed by atoms with Gasteiger partial charge in [-0.1, -0.05) is 43.6 Å². The van der Waals surface area contributed by atoms with Crippen molar-refractivity contribution in [3.63, 3.8) is 0 Å². The number of phenols is 2. The van der Waals surface area contributed by atoms with Crippen LogP contribution in [0, 0.1) is 35.0 Å². The number of thiocarbonyl (C=S) groups is 1. The zero-order valence-corrected chi connectivity index (χ0v) is 42.8. The molecule has 4 saturated carbocycles. The van der Waals surface area contributed by atoms with E-state index in [4.69, 9.17) is 57.3 Å². The number of phenolic OH excluding ortho intramolecular Hbond substituents is 2. The number of amides is 1. The summed E-state index contributed by atoms with van der Waals surface area (Å²) in [7, 11) is 1.63. The Morgan fingerprint density at radius 3 is 2.17 bits per heavy atom. The van der Waals surface area contributed by atoms with E-state index in [1.807, 2.05) is 38.1 Å². The lowest BCUT2D eigenvalue weighted by Gasteiger charge is -2.73. The standard InChI is InChI=1S/C57H56ClN3O13S/c1-4-42-27(2)48(64)49(65)52(70-42)71-45-19-29(18-41(47(45)58)57(68-3)56(73-74-57)33-21-31-20-32-22-46(56)54(31,32)26-33)17-28-5-7-30(8-6-28)50(66)59-15-16-60-53(75)61-34-9-12-38-37(23-34)51(67)72-55(38)39-13-10-35(62)24-43(39)69-44-25-36(63)11-14-40(44)55/h5-14,18-19,23-25,27,31-33,42,46,48-49,52,62-65H,4,15-17,20-22,26H2,1-3H3,(H,59,66)(H2,60,61,75)/t27-,31?,32?,33?,42?,46?,48?,49?,52-,54?,56?,57?/m0/s1. The van der Waals surface area contributed by atoms with Gasteiger partial charge >= 0.3 is 5.97 Å². The van der Waals surface area contributed by atoms with Crippen molar-refractivity contribution in [2.45, 2.75) is 94.0 Å². The molecule has 2 bridgehead atoms. The van der Waals surface area contributed by atoms with E-state index in [1.165, 1.54) is 30.7 Å². The Kier molecular flexibility index (Phi) is 11.3. The van der Waals surface area contributed by atoms with E-state index in [0.29, 0.717) is 70.3 Å². The fourth-order valence-corrected chi connectivity index (χ4v) is 15.2. The van der Waals surface area contributed by atoms with Crippen LogP contribution in [-0.4, -0.2) is 87.8 Å². The Morgan fingerprint density at radius 2 is 1.51 bits per heavy atom. The summed E-state index contributed by atoms with van der Waals surface area (Å²) in [4.78, 5) is 39.5. The molecule has 2 saturated heterocycles. The minimum absolute atomic E-state index is 0.0340. The molecule has 4 heterocycles. The summed E-state index contributed by atoms with van der Waals surface area (Å²) in [6.07, 6.45) is 1.59. The first-order valence-corrected chi connectivity index (χ1v) is 26.5. The number of nitrogens with one attached hydrogen (secondary N) is 3. The van der Waals surface area contributed by atoms with Crippen molar-refractivity contribution in [3.8, 4) is 28.7 Å². The van der Waals surface area contributed by atoms with E-state index in [-0.39, 0.29) is 80.6 Å². The number of carbonyl (C=O) groups is 2. The van der Waals surface area contributed by atoms with E-state index in [9.17, 15) is 30.0 Å². The molecule has 6 fully saturated rings. The zero-order valence-electron chi connectivity index (χ0n) is 41.3. The molecule has 4 aliphatic carbocycles. The van der Waals surface area contributed by atoms with E-state index in [2.05, 4.69) is 16.0 Å². The lowest BCUT2D eigenvalue weighted by atomic mass is 9.35. The molecule has 10 unspecified atom stereocenters. The number of esters is 1. The van der Waals surface area contributed by atoms with Gasteiger partial charge in [0.1, 0.15) is 34.9 Å². The number of fused-ring (bicyclic) bond motifs is 9. The number of methoxy groups -OCH3 is 1. The van der Waals surface area contributed by atoms with E-state index >= 15 is 0 Å². The van der Waals surface area contributed by atoms with Crippen LogP contribution in [0.1, 0.15) is 100 Å². The Balaban J connectivity index is 0.677. The molecule has 0 aromatic heterocycles. The van der Waals surface area contributed by atoms with Gasteiger partial charge in [-0.05, 0) is 146 Å². The third-order valence-electron chi connectivity index (χ3n) is 18.2. The number of aromatic hydroxyl groups is 2. The lowest BCUT2D eigenvalue weighted by Crippen LogP contribution is -2.78. The molecule has 5 aromatic rings. The van der Waals surface area contributed by atoms with Crippen molar-refractivity contribution in [2.75, 3.05) is 25.5 Å². The molecular weight excluding hydrogens is 1000 g/mol. The maximum absolute atomic E-state index is 13.6. The molecule has 0 radical (unpaired) electrons. The topological polar surface area (TPSA) is 216 Å².